The number of nitrogens with two attached hydrogens (primary N) is 1. The average Bonchev–Trinajstić information content (AvgIpc) is 2.26. The van der Waals surface area contributed by atoms with Crippen molar-refractivity contribution in [3.05, 3.63) is 23.8 Å². The van der Waals surface area contributed by atoms with Crippen molar-refractivity contribution in [3.8, 4) is 11.5 Å². The maximum Gasteiger partial charge on any atom is 0.161 e. The van der Waals surface area contributed by atoms with E-state index in [0.29, 0.717) is 11.5 Å². The number of aliphatic hydroxyl groups is 1. The second-order valence-electron chi connectivity index (χ2n) is 3.85. The molecule has 1 aromatic carbocycles. The lowest BCUT2D eigenvalue weighted by molar-refractivity contribution is 0.0962. The monoisotopic (exact) mass is 225 g/mol. The highest BCUT2D eigenvalue weighted by atomic mass is 16.5. The molecule has 0 fully saturated rings. The molecule has 0 aromatic heterocycles. The summed E-state index contributed by atoms with van der Waals surface area (Å²) in [7, 11) is 1.58. The number of rotatable bonds is 5. The van der Waals surface area contributed by atoms with Crippen molar-refractivity contribution in [1.29, 1.82) is 0 Å². The van der Waals surface area contributed by atoms with Crippen LogP contribution in [0.4, 0.5) is 0 Å². The summed E-state index contributed by atoms with van der Waals surface area (Å²) < 4.78 is 10.8. The summed E-state index contributed by atoms with van der Waals surface area (Å²) >= 11 is 0. The molecule has 1 aromatic rings. The van der Waals surface area contributed by atoms with Crippen molar-refractivity contribution in [2.24, 2.45) is 5.73 Å². The molecule has 4 nitrogen and oxygen atoms in total. The van der Waals surface area contributed by atoms with E-state index in [1.165, 1.54) is 0 Å². The minimum atomic E-state index is -0.420. The Morgan fingerprint density at radius 1 is 1.38 bits per heavy atom. The largest absolute Gasteiger partial charge is 0.493 e. The number of benzene rings is 1. The van der Waals surface area contributed by atoms with E-state index in [1.54, 1.807) is 14.0 Å². The Labute approximate surface area is 96.0 Å². The van der Waals surface area contributed by atoms with Crippen LogP contribution < -0.4 is 15.2 Å². The Morgan fingerprint density at radius 2 is 2.06 bits per heavy atom. The van der Waals surface area contributed by atoms with Crippen molar-refractivity contribution >= 4 is 0 Å². The number of methoxy groups -OCH3 is 1. The van der Waals surface area contributed by atoms with Gasteiger partial charge < -0.3 is 20.3 Å². The summed E-state index contributed by atoms with van der Waals surface area (Å²) in [4.78, 5) is 0. The fraction of sp³-hybridized carbons (Fsp3) is 0.500. The molecule has 2 atom stereocenters. The van der Waals surface area contributed by atoms with E-state index < -0.39 is 6.10 Å². The highest BCUT2D eigenvalue weighted by Gasteiger charge is 2.16. The molecule has 2 unspecified atom stereocenters. The van der Waals surface area contributed by atoms with E-state index in [1.807, 2.05) is 25.1 Å². The first kappa shape index (κ1) is 12.8. The minimum absolute atomic E-state index is 0.116. The van der Waals surface area contributed by atoms with Gasteiger partial charge in [0.05, 0.1) is 13.7 Å². The Kier molecular flexibility index (Phi) is 4.58. The first-order valence-electron chi connectivity index (χ1n) is 5.26. The van der Waals surface area contributed by atoms with Crippen LogP contribution in [0.2, 0.25) is 0 Å². The third-order valence-electron chi connectivity index (χ3n) is 2.36. The van der Waals surface area contributed by atoms with E-state index in [2.05, 4.69) is 0 Å². The number of hydrogen-bond acceptors (Lipinski definition) is 4. The average molecular weight is 225 g/mol. The lowest BCUT2D eigenvalue weighted by Gasteiger charge is -2.21. The molecule has 90 valence electrons. The molecule has 4 heteroatoms. The first-order valence-corrected chi connectivity index (χ1v) is 5.26. The Bertz CT molecular complexity index is 339. The molecule has 3 N–H and O–H groups in total. The van der Waals surface area contributed by atoms with Gasteiger partial charge in [0.2, 0.25) is 0 Å². The molecule has 0 bridgehead atoms. The standard InChI is InChI=1S/C12H19NO3/c1-8-4-5-10(11(6-8)15-3)16-12(7-14)9(2)13/h4-6,9,12,14H,7,13H2,1-3H3. The Balaban J connectivity index is 2.87. The van der Waals surface area contributed by atoms with Crippen LogP contribution in [0.15, 0.2) is 18.2 Å². The zero-order chi connectivity index (χ0) is 12.1. The highest BCUT2D eigenvalue weighted by Crippen LogP contribution is 2.28. The quantitative estimate of drug-likeness (QED) is 0.787. The van der Waals surface area contributed by atoms with Gasteiger partial charge in [0.1, 0.15) is 6.10 Å². The van der Waals surface area contributed by atoms with Crippen LogP contribution in [-0.2, 0) is 0 Å². The van der Waals surface area contributed by atoms with Crippen LogP contribution in [0, 0.1) is 6.92 Å². The highest BCUT2D eigenvalue weighted by molar-refractivity contribution is 5.42. The number of ether oxygens (including phenoxy) is 2. The molecule has 16 heavy (non-hydrogen) atoms. The van der Waals surface area contributed by atoms with Gasteiger partial charge in [-0.25, -0.2) is 0 Å². The van der Waals surface area contributed by atoms with Gasteiger partial charge in [0.25, 0.3) is 0 Å². The van der Waals surface area contributed by atoms with Crippen LogP contribution in [-0.4, -0.2) is 31.0 Å². The van der Waals surface area contributed by atoms with Gasteiger partial charge in [-0.1, -0.05) is 6.07 Å². The smallest absolute Gasteiger partial charge is 0.161 e. The number of aryl methyl sites for hydroxylation is 1. The summed E-state index contributed by atoms with van der Waals surface area (Å²) in [6, 6.07) is 5.38. The van der Waals surface area contributed by atoms with Crippen LogP contribution in [0.25, 0.3) is 0 Å². The molecule has 0 heterocycles. The molecule has 0 amide bonds. The second kappa shape index (κ2) is 5.72. The lowest BCUT2D eigenvalue weighted by Crippen LogP contribution is -2.39. The van der Waals surface area contributed by atoms with E-state index in [-0.39, 0.29) is 12.6 Å². The molecular weight excluding hydrogens is 206 g/mol. The van der Waals surface area contributed by atoms with E-state index >= 15 is 0 Å². The van der Waals surface area contributed by atoms with Gasteiger partial charge in [0, 0.05) is 6.04 Å². The molecule has 0 spiro atoms. The van der Waals surface area contributed by atoms with Crippen molar-refractivity contribution in [2.45, 2.75) is 26.0 Å². The van der Waals surface area contributed by atoms with Crippen LogP contribution in [0.1, 0.15) is 12.5 Å². The summed E-state index contributed by atoms with van der Waals surface area (Å²) in [5, 5.41) is 9.13. The maximum absolute atomic E-state index is 9.13. The van der Waals surface area contributed by atoms with Crippen molar-refractivity contribution in [3.63, 3.8) is 0 Å². The molecule has 1 rings (SSSR count). The topological polar surface area (TPSA) is 64.7 Å². The Morgan fingerprint density at radius 3 is 2.56 bits per heavy atom. The van der Waals surface area contributed by atoms with E-state index in [0.717, 1.165) is 5.56 Å². The van der Waals surface area contributed by atoms with Gasteiger partial charge in [-0.2, -0.15) is 0 Å². The normalized spacial score (nSPS) is 14.3. The van der Waals surface area contributed by atoms with E-state index in [9.17, 15) is 0 Å². The predicted molar refractivity (Wildman–Crippen MR) is 62.9 cm³/mol. The molecule has 0 radical (unpaired) electrons. The molecule has 0 saturated heterocycles. The third-order valence-corrected chi connectivity index (χ3v) is 2.36. The van der Waals surface area contributed by atoms with Crippen LogP contribution >= 0.6 is 0 Å². The predicted octanol–water partition coefficient (Wildman–Crippen LogP) is 1.09. The van der Waals surface area contributed by atoms with Gasteiger partial charge >= 0.3 is 0 Å². The number of aliphatic hydroxyl groups excluding tert-OH is 1. The zero-order valence-corrected chi connectivity index (χ0v) is 9.93. The summed E-state index contributed by atoms with van der Waals surface area (Å²) in [6.07, 6.45) is -0.420. The van der Waals surface area contributed by atoms with Crippen LogP contribution in [0.5, 0.6) is 11.5 Å². The van der Waals surface area contributed by atoms with Crippen molar-refractivity contribution in [2.75, 3.05) is 13.7 Å². The van der Waals surface area contributed by atoms with Gasteiger partial charge in [-0.15, -0.1) is 0 Å². The summed E-state index contributed by atoms with van der Waals surface area (Å²) in [5.41, 5.74) is 6.78. The fourth-order valence-corrected chi connectivity index (χ4v) is 1.35. The molecule has 0 aliphatic carbocycles. The Hall–Kier alpha value is -1.26. The van der Waals surface area contributed by atoms with E-state index in [4.69, 9.17) is 20.3 Å². The fourth-order valence-electron chi connectivity index (χ4n) is 1.35. The lowest BCUT2D eigenvalue weighted by atomic mass is 10.2. The summed E-state index contributed by atoms with van der Waals surface area (Å²) in [5.74, 6) is 1.25. The zero-order valence-electron chi connectivity index (χ0n) is 9.93. The number of hydrogen-bond donors (Lipinski definition) is 2. The molecule has 0 saturated carbocycles. The van der Waals surface area contributed by atoms with Gasteiger partial charge in [-0.05, 0) is 31.5 Å². The molecule has 0 aliphatic rings. The second-order valence-corrected chi connectivity index (χ2v) is 3.85. The van der Waals surface area contributed by atoms with Gasteiger partial charge in [0.15, 0.2) is 11.5 Å². The van der Waals surface area contributed by atoms with Crippen molar-refractivity contribution < 1.29 is 14.6 Å². The summed E-state index contributed by atoms with van der Waals surface area (Å²) in [6.45, 7) is 3.65. The first-order chi connectivity index (χ1) is 7.58. The SMILES string of the molecule is COc1cc(C)ccc1OC(CO)C(C)N. The third kappa shape index (κ3) is 3.12. The minimum Gasteiger partial charge on any atom is -0.493 e. The maximum atomic E-state index is 9.13. The van der Waals surface area contributed by atoms with Crippen LogP contribution in [0.3, 0.4) is 0 Å². The molecular formula is C12H19NO3. The molecule has 0 aliphatic heterocycles. The van der Waals surface area contributed by atoms with Crippen molar-refractivity contribution in [1.82, 2.24) is 0 Å². The van der Waals surface area contributed by atoms with Gasteiger partial charge in [-0.3, -0.25) is 0 Å².